The van der Waals surface area contributed by atoms with Gasteiger partial charge in [-0.25, -0.2) is 9.59 Å². The second-order valence-electron chi connectivity index (χ2n) is 7.47. The average molecular weight is 495 g/mol. The van der Waals surface area contributed by atoms with Crippen molar-refractivity contribution in [2.45, 2.75) is 47.0 Å². The summed E-state index contributed by atoms with van der Waals surface area (Å²) in [6, 6.07) is 1.82. The maximum Gasteiger partial charge on any atom is 0.348 e. The topological polar surface area (TPSA) is 102 Å². The van der Waals surface area contributed by atoms with E-state index in [9.17, 15) is 19.2 Å². The SMILES string of the molecule is CCCc1sc(C(=O)OCC(=O)Nc2sc(C(=O)N(C)C)c(C)c2C(=O)OCC)cc1CC. The molecule has 1 N–H and O–H groups in total. The molecule has 2 aromatic heterocycles. The monoisotopic (exact) mass is 494 g/mol. The molecule has 0 unspecified atom stereocenters. The van der Waals surface area contributed by atoms with Crippen LogP contribution in [0, 0.1) is 6.92 Å². The Hall–Kier alpha value is -2.72. The molecule has 2 amide bonds. The summed E-state index contributed by atoms with van der Waals surface area (Å²) in [4.78, 5) is 53.2. The van der Waals surface area contributed by atoms with Crippen LogP contribution < -0.4 is 5.32 Å². The zero-order chi connectivity index (χ0) is 24.7. The minimum atomic E-state index is -0.634. The van der Waals surface area contributed by atoms with E-state index in [1.54, 1.807) is 27.9 Å². The lowest BCUT2D eigenvalue weighted by atomic mass is 10.1. The van der Waals surface area contributed by atoms with Gasteiger partial charge in [-0.2, -0.15) is 0 Å². The number of carbonyl (C=O) groups excluding carboxylic acids is 4. The van der Waals surface area contributed by atoms with Crippen molar-refractivity contribution in [1.29, 1.82) is 0 Å². The lowest BCUT2D eigenvalue weighted by Crippen LogP contribution is -2.21. The maximum atomic E-state index is 12.5. The highest BCUT2D eigenvalue weighted by Crippen LogP contribution is 2.34. The molecule has 2 aromatic rings. The Bertz CT molecular complexity index is 1040. The second-order valence-corrected chi connectivity index (χ2v) is 9.62. The van der Waals surface area contributed by atoms with Crippen molar-refractivity contribution in [2.24, 2.45) is 0 Å². The van der Waals surface area contributed by atoms with Gasteiger partial charge < -0.3 is 19.7 Å². The summed E-state index contributed by atoms with van der Waals surface area (Å²) in [5.74, 6) is -2.10. The number of aryl methyl sites for hydroxylation is 2. The average Bonchev–Trinajstić information content (AvgIpc) is 3.32. The Morgan fingerprint density at radius 3 is 2.30 bits per heavy atom. The van der Waals surface area contributed by atoms with E-state index in [1.165, 1.54) is 16.2 Å². The third kappa shape index (κ3) is 6.42. The van der Waals surface area contributed by atoms with Crippen molar-refractivity contribution in [3.05, 3.63) is 37.4 Å². The van der Waals surface area contributed by atoms with E-state index < -0.39 is 24.5 Å². The molecule has 2 rings (SSSR count). The summed E-state index contributed by atoms with van der Waals surface area (Å²) < 4.78 is 10.3. The number of carbonyl (C=O) groups is 4. The smallest absolute Gasteiger partial charge is 0.348 e. The Morgan fingerprint density at radius 1 is 1.03 bits per heavy atom. The Labute approximate surface area is 201 Å². The molecule has 0 spiro atoms. The third-order valence-corrected chi connectivity index (χ3v) is 7.18. The Kier molecular flexibility index (Phi) is 9.60. The number of nitrogens with zero attached hydrogens (tertiary/aromatic N) is 1. The van der Waals surface area contributed by atoms with Gasteiger partial charge in [0.1, 0.15) is 9.88 Å². The summed E-state index contributed by atoms with van der Waals surface area (Å²) in [7, 11) is 3.20. The molecule has 8 nitrogen and oxygen atoms in total. The number of amides is 2. The van der Waals surface area contributed by atoms with E-state index in [0.29, 0.717) is 15.3 Å². The van der Waals surface area contributed by atoms with Gasteiger partial charge in [-0.1, -0.05) is 20.3 Å². The van der Waals surface area contributed by atoms with Gasteiger partial charge >= 0.3 is 11.9 Å². The fourth-order valence-corrected chi connectivity index (χ4v) is 5.61. The van der Waals surface area contributed by atoms with Crippen LogP contribution in [0.1, 0.15) is 72.9 Å². The lowest BCUT2D eigenvalue weighted by Gasteiger charge is -2.09. The molecule has 0 atom stereocenters. The van der Waals surface area contributed by atoms with Crippen molar-refractivity contribution in [1.82, 2.24) is 4.90 Å². The highest BCUT2D eigenvalue weighted by atomic mass is 32.1. The molecule has 2 heterocycles. The first-order valence-corrected chi connectivity index (χ1v) is 12.4. The summed E-state index contributed by atoms with van der Waals surface area (Å²) in [6.07, 6.45) is 2.69. The van der Waals surface area contributed by atoms with Gasteiger partial charge in [-0.3, -0.25) is 9.59 Å². The fourth-order valence-electron chi connectivity index (χ4n) is 3.13. The van der Waals surface area contributed by atoms with Crippen molar-refractivity contribution in [3.8, 4) is 0 Å². The number of hydrogen-bond donors (Lipinski definition) is 1. The van der Waals surface area contributed by atoms with Crippen LogP contribution in [0.5, 0.6) is 0 Å². The van der Waals surface area contributed by atoms with Crippen LogP contribution in [-0.4, -0.2) is 56.0 Å². The third-order valence-electron chi connectivity index (χ3n) is 4.77. The number of thiophene rings is 2. The number of nitrogens with one attached hydrogen (secondary N) is 1. The highest BCUT2D eigenvalue weighted by Gasteiger charge is 2.27. The van der Waals surface area contributed by atoms with E-state index in [2.05, 4.69) is 12.2 Å². The molecule has 0 bridgehead atoms. The van der Waals surface area contributed by atoms with Gasteiger partial charge in [0.25, 0.3) is 11.8 Å². The van der Waals surface area contributed by atoms with Crippen LogP contribution in [-0.2, 0) is 27.1 Å². The first kappa shape index (κ1) is 26.5. The highest BCUT2D eigenvalue weighted by molar-refractivity contribution is 7.18. The molecule has 0 fully saturated rings. The summed E-state index contributed by atoms with van der Waals surface area (Å²) >= 11 is 2.37. The molecule has 0 aliphatic heterocycles. The van der Waals surface area contributed by atoms with Crippen LogP contribution in [0.4, 0.5) is 5.00 Å². The van der Waals surface area contributed by atoms with Crippen LogP contribution in [0.15, 0.2) is 6.07 Å². The molecule has 0 saturated carbocycles. The minimum absolute atomic E-state index is 0.127. The predicted molar refractivity (Wildman–Crippen MR) is 130 cm³/mol. The predicted octanol–water partition coefficient (Wildman–Crippen LogP) is 4.31. The summed E-state index contributed by atoms with van der Waals surface area (Å²) in [6.45, 7) is 7.04. The van der Waals surface area contributed by atoms with Gasteiger partial charge in [0.05, 0.1) is 17.0 Å². The summed E-state index contributed by atoms with van der Waals surface area (Å²) in [5.41, 5.74) is 1.67. The zero-order valence-corrected chi connectivity index (χ0v) is 21.5. The molecule has 0 radical (unpaired) electrons. The van der Waals surface area contributed by atoms with E-state index in [0.717, 1.165) is 41.0 Å². The minimum Gasteiger partial charge on any atom is -0.462 e. The van der Waals surface area contributed by atoms with Crippen LogP contribution in [0.2, 0.25) is 0 Å². The largest absolute Gasteiger partial charge is 0.462 e. The van der Waals surface area contributed by atoms with Crippen molar-refractivity contribution in [3.63, 3.8) is 0 Å². The summed E-state index contributed by atoms with van der Waals surface area (Å²) in [5, 5.41) is 2.78. The van der Waals surface area contributed by atoms with E-state index in [-0.39, 0.29) is 23.1 Å². The molecule has 180 valence electrons. The Balaban J connectivity index is 2.16. The van der Waals surface area contributed by atoms with Crippen molar-refractivity contribution < 1.29 is 28.7 Å². The molecule has 33 heavy (non-hydrogen) atoms. The van der Waals surface area contributed by atoms with E-state index in [4.69, 9.17) is 9.47 Å². The molecule has 10 heteroatoms. The van der Waals surface area contributed by atoms with Crippen LogP contribution >= 0.6 is 22.7 Å². The van der Waals surface area contributed by atoms with E-state index in [1.807, 2.05) is 13.0 Å². The standard InChI is InChI=1S/C23H30N2O6S2/c1-7-10-15-14(8-2)11-16(32-15)22(28)31-12-17(26)24-20-18(23(29)30-9-3)13(4)19(33-20)21(27)25(5)6/h11H,7-10,12H2,1-6H3,(H,24,26). The normalized spacial score (nSPS) is 10.6. The molecule has 0 aliphatic carbocycles. The number of hydrogen-bond acceptors (Lipinski definition) is 8. The van der Waals surface area contributed by atoms with Crippen LogP contribution in [0.25, 0.3) is 0 Å². The number of ether oxygens (including phenoxy) is 2. The molecule has 0 saturated heterocycles. The molecule has 0 aromatic carbocycles. The fraction of sp³-hybridized carbons (Fsp3) is 0.478. The number of rotatable bonds is 10. The molecular formula is C23H30N2O6S2. The first-order chi connectivity index (χ1) is 15.6. The van der Waals surface area contributed by atoms with Gasteiger partial charge in [0.2, 0.25) is 0 Å². The van der Waals surface area contributed by atoms with Gasteiger partial charge in [-0.05, 0) is 43.9 Å². The van der Waals surface area contributed by atoms with Gasteiger partial charge in [0, 0.05) is 19.0 Å². The van der Waals surface area contributed by atoms with Crippen molar-refractivity contribution >= 4 is 51.4 Å². The van der Waals surface area contributed by atoms with E-state index >= 15 is 0 Å². The van der Waals surface area contributed by atoms with Gasteiger partial charge in [-0.15, -0.1) is 22.7 Å². The van der Waals surface area contributed by atoms with Gasteiger partial charge in [0.15, 0.2) is 6.61 Å². The maximum absolute atomic E-state index is 12.5. The first-order valence-electron chi connectivity index (χ1n) is 10.7. The van der Waals surface area contributed by atoms with Crippen LogP contribution in [0.3, 0.4) is 0 Å². The second kappa shape index (κ2) is 11.9. The number of anilines is 1. The zero-order valence-electron chi connectivity index (χ0n) is 19.8. The number of esters is 2. The lowest BCUT2D eigenvalue weighted by molar-refractivity contribution is -0.119. The Morgan fingerprint density at radius 2 is 1.73 bits per heavy atom. The quantitative estimate of drug-likeness (QED) is 0.494. The molecule has 0 aliphatic rings. The molecular weight excluding hydrogens is 464 g/mol. The van der Waals surface area contributed by atoms with Crippen molar-refractivity contribution in [2.75, 3.05) is 32.6 Å².